The summed E-state index contributed by atoms with van der Waals surface area (Å²) in [6, 6.07) is 10.9. The number of ether oxygens (including phenoxy) is 2. The van der Waals surface area contributed by atoms with Crippen LogP contribution in [0.1, 0.15) is 37.7 Å². The number of nitrogens with one attached hydrogen (secondary N) is 1. The molecule has 0 spiro atoms. The summed E-state index contributed by atoms with van der Waals surface area (Å²) in [5.74, 6) is 0.999. The van der Waals surface area contributed by atoms with Crippen molar-refractivity contribution in [3.05, 3.63) is 35.9 Å². The van der Waals surface area contributed by atoms with Crippen LogP contribution in [-0.2, 0) is 14.9 Å². The highest BCUT2D eigenvalue weighted by atomic mass is 16.5. The molecule has 2 aliphatic heterocycles. The molecule has 1 aromatic carbocycles. The molecule has 0 aromatic heterocycles. The standard InChI is InChI=1S/C21H31N3O2/c1-22-20(24-12-14-26-19(15-24)18-9-5-13-25-18)23-16-21(10-6-11-21)17-7-3-2-4-8-17/h2-4,7-8,18-19H,5-6,9-16H2,1H3,(H,22,23). The molecular formula is C21H31N3O2. The van der Waals surface area contributed by atoms with E-state index in [1.807, 2.05) is 7.05 Å². The van der Waals surface area contributed by atoms with E-state index in [1.54, 1.807) is 0 Å². The van der Waals surface area contributed by atoms with Crippen molar-refractivity contribution in [2.24, 2.45) is 4.99 Å². The number of nitrogens with zero attached hydrogens (tertiary/aromatic N) is 2. The summed E-state index contributed by atoms with van der Waals surface area (Å²) in [7, 11) is 1.88. The van der Waals surface area contributed by atoms with Gasteiger partial charge in [-0.05, 0) is 31.2 Å². The number of rotatable bonds is 4. The molecule has 26 heavy (non-hydrogen) atoms. The normalized spacial score (nSPS) is 28.7. The van der Waals surface area contributed by atoms with Gasteiger partial charge in [0.05, 0.1) is 12.7 Å². The summed E-state index contributed by atoms with van der Waals surface area (Å²) < 4.78 is 11.8. The van der Waals surface area contributed by atoms with Crippen molar-refractivity contribution < 1.29 is 9.47 Å². The van der Waals surface area contributed by atoms with Crippen LogP contribution in [0, 0.1) is 0 Å². The Morgan fingerprint density at radius 1 is 1.15 bits per heavy atom. The van der Waals surface area contributed by atoms with Crippen molar-refractivity contribution in [2.45, 2.75) is 49.7 Å². The number of hydrogen-bond acceptors (Lipinski definition) is 3. The Bertz CT molecular complexity index is 609. The van der Waals surface area contributed by atoms with Gasteiger partial charge >= 0.3 is 0 Å². The number of benzene rings is 1. The zero-order valence-corrected chi connectivity index (χ0v) is 15.8. The van der Waals surface area contributed by atoms with E-state index in [-0.39, 0.29) is 17.6 Å². The van der Waals surface area contributed by atoms with E-state index in [4.69, 9.17) is 9.47 Å². The largest absolute Gasteiger partial charge is 0.375 e. The van der Waals surface area contributed by atoms with E-state index >= 15 is 0 Å². The van der Waals surface area contributed by atoms with Gasteiger partial charge in [-0.15, -0.1) is 0 Å². The zero-order valence-electron chi connectivity index (χ0n) is 15.8. The molecule has 2 atom stereocenters. The maximum atomic E-state index is 5.98. The number of hydrogen-bond donors (Lipinski definition) is 1. The Hall–Kier alpha value is -1.59. The minimum absolute atomic E-state index is 0.164. The third-order valence-corrected chi connectivity index (χ3v) is 6.27. The molecule has 3 aliphatic rings. The van der Waals surface area contributed by atoms with Crippen molar-refractivity contribution in [3.63, 3.8) is 0 Å². The van der Waals surface area contributed by atoms with Gasteiger partial charge in [-0.2, -0.15) is 0 Å². The molecule has 0 radical (unpaired) electrons. The van der Waals surface area contributed by atoms with Crippen LogP contribution in [0.4, 0.5) is 0 Å². The lowest BCUT2D eigenvalue weighted by Crippen LogP contribution is -2.55. The molecule has 0 amide bonds. The third kappa shape index (κ3) is 3.60. The average molecular weight is 357 g/mol. The molecule has 4 rings (SSSR count). The molecule has 1 aromatic rings. The Kier molecular flexibility index (Phi) is 5.46. The smallest absolute Gasteiger partial charge is 0.193 e. The molecule has 1 N–H and O–H groups in total. The fourth-order valence-electron chi connectivity index (χ4n) is 4.53. The third-order valence-electron chi connectivity index (χ3n) is 6.27. The molecule has 1 aliphatic carbocycles. The van der Waals surface area contributed by atoms with Crippen LogP contribution < -0.4 is 5.32 Å². The van der Waals surface area contributed by atoms with Crippen LogP contribution in [0.3, 0.4) is 0 Å². The van der Waals surface area contributed by atoms with Gasteiger partial charge in [-0.3, -0.25) is 4.99 Å². The Morgan fingerprint density at radius 2 is 1.96 bits per heavy atom. The van der Waals surface area contributed by atoms with E-state index in [0.29, 0.717) is 0 Å². The molecule has 5 heteroatoms. The van der Waals surface area contributed by atoms with E-state index in [0.717, 1.165) is 51.6 Å². The Morgan fingerprint density at radius 3 is 2.62 bits per heavy atom. The summed E-state index contributed by atoms with van der Waals surface area (Å²) in [6.45, 7) is 4.32. The van der Waals surface area contributed by atoms with Crippen LogP contribution in [0.25, 0.3) is 0 Å². The van der Waals surface area contributed by atoms with E-state index in [9.17, 15) is 0 Å². The average Bonchev–Trinajstić information content (AvgIpc) is 3.20. The van der Waals surface area contributed by atoms with Gasteiger partial charge < -0.3 is 19.7 Å². The monoisotopic (exact) mass is 357 g/mol. The molecule has 2 unspecified atom stereocenters. The quantitative estimate of drug-likeness (QED) is 0.665. The molecule has 2 heterocycles. The van der Waals surface area contributed by atoms with E-state index in [2.05, 4.69) is 45.5 Å². The number of aliphatic imine (C=N–C) groups is 1. The van der Waals surface area contributed by atoms with Crippen molar-refractivity contribution >= 4 is 5.96 Å². The molecular weight excluding hydrogens is 326 g/mol. The van der Waals surface area contributed by atoms with Crippen LogP contribution in [0.2, 0.25) is 0 Å². The number of guanidine groups is 1. The highest BCUT2D eigenvalue weighted by Gasteiger charge is 2.39. The molecule has 5 nitrogen and oxygen atoms in total. The van der Waals surface area contributed by atoms with Gasteiger partial charge in [0, 0.05) is 38.7 Å². The van der Waals surface area contributed by atoms with Gasteiger partial charge in [-0.25, -0.2) is 0 Å². The lowest BCUT2D eigenvalue weighted by Gasteiger charge is -2.44. The minimum atomic E-state index is 0.164. The Labute approximate surface area is 156 Å². The fraction of sp³-hybridized carbons (Fsp3) is 0.667. The van der Waals surface area contributed by atoms with Crippen molar-refractivity contribution in [1.82, 2.24) is 10.2 Å². The maximum Gasteiger partial charge on any atom is 0.193 e. The first-order valence-corrected chi connectivity index (χ1v) is 10.1. The van der Waals surface area contributed by atoms with Crippen molar-refractivity contribution in [1.29, 1.82) is 0 Å². The SMILES string of the molecule is CN=C(NCC1(c2ccccc2)CCC1)N1CCOC(C2CCCO2)C1. The maximum absolute atomic E-state index is 5.98. The molecule has 2 saturated heterocycles. The fourth-order valence-corrected chi connectivity index (χ4v) is 4.53. The van der Waals surface area contributed by atoms with Gasteiger partial charge in [0.2, 0.25) is 0 Å². The van der Waals surface area contributed by atoms with Crippen molar-refractivity contribution in [2.75, 3.05) is 39.9 Å². The summed E-state index contributed by atoms with van der Waals surface area (Å²) in [4.78, 5) is 6.90. The molecule has 3 fully saturated rings. The molecule has 142 valence electrons. The second-order valence-electron chi connectivity index (χ2n) is 7.81. The Balaban J connectivity index is 1.38. The summed E-state index contributed by atoms with van der Waals surface area (Å²) in [6.07, 6.45) is 6.49. The predicted octanol–water partition coefficient (Wildman–Crippen LogP) is 2.56. The van der Waals surface area contributed by atoms with Crippen LogP contribution in [-0.4, -0.2) is 63.0 Å². The van der Waals surface area contributed by atoms with Gasteiger partial charge in [0.15, 0.2) is 5.96 Å². The first-order valence-electron chi connectivity index (χ1n) is 10.1. The second kappa shape index (κ2) is 7.97. The second-order valence-corrected chi connectivity index (χ2v) is 7.81. The number of morpholine rings is 1. The van der Waals surface area contributed by atoms with Crippen LogP contribution in [0.15, 0.2) is 35.3 Å². The predicted molar refractivity (Wildman–Crippen MR) is 104 cm³/mol. The highest BCUT2D eigenvalue weighted by molar-refractivity contribution is 5.80. The minimum Gasteiger partial charge on any atom is -0.375 e. The van der Waals surface area contributed by atoms with E-state index < -0.39 is 0 Å². The van der Waals surface area contributed by atoms with Gasteiger partial charge in [0.1, 0.15) is 6.10 Å². The first-order chi connectivity index (χ1) is 12.8. The van der Waals surface area contributed by atoms with Gasteiger partial charge in [0.25, 0.3) is 0 Å². The summed E-state index contributed by atoms with van der Waals surface area (Å²) >= 11 is 0. The summed E-state index contributed by atoms with van der Waals surface area (Å²) in [5.41, 5.74) is 1.71. The van der Waals surface area contributed by atoms with Crippen LogP contribution >= 0.6 is 0 Å². The lowest BCUT2D eigenvalue weighted by molar-refractivity contribution is -0.0817. The van der Waals surface area contributed by atoms with Crippen LogP contribution in [0.5, 0.6) is 0 Å². The summed E-state index contributed by atoms with van der Waals surface area (Å²) in [5, 5.41) is 3.67. The molecule has 1 saturated carbocycles. The molecule has 0 bridgehead atoms. The first kappa shape index (κ1) is 17.8. The highest BCUT2D eigenvalue weighted by Crippen LogP contribution is 2.43. The topological polar surface area (TPSA) is 46.1 Å². The zero-order chi connectivity index (χ0) is 17.8. The van der Waals surface area contributed by atoms with E-state index in [1.165, 1.54) is 24.8 Å². The lowest BCUT2D eigenvalue weighted by atomic mass is 9.64. The van der Waals surface area contributed by atoms with Gasteiger partial charge in [-0.1, -0.05) is 36.8 Å². The van der Waals surface area contributed by atoms with Crippen molar-refractivity contribution in [3.8, 4) is 0 Å².